The number of carbonyl (C=O) groups is 1. The van der Waals surface area contributed by atoms with E-state index in [1.165, 1.54) is 5.57 Å². The van der Waals surface area contributed by atoms with E-state index in [1.807, 2.05) is 36.1 Å². The lowest BCUT2D eigenvalue weighted by Crippen LogP contribution is -2.34. The molecule has 1 aromatic carbocycles. The summed E-state index contributed by atoms with van der Waals surface area (Å²) in [4.78, 5) is 14.1. The first-order chi connectivity index (χ1) is 11.6. The Morgan fingerprint density at radius 1 is 1.21 bits per heavy atom. The van der Waals surface area contributed by atoms with Gasteiger partial charge in [0.2, 0.25) is 5.91 Å². The molecule has 1 fully saturated rings. The average molecular weight is 329 g/mol. The van der Waals surface area contributed by atoms with E-state index < -0.39 is 0 Å². The van der Waals surface area contributed by atoms with Gasteiger partial charge in [0.05, 0.1) is 13.2 Å². The highest BCUT2D eigenvalue weighted by atomic mass is 16.5. The summed E-state index contributed by atoms with van der Waals surface area (Å²) < 4.78 is 11.3. The summed E-state index contributed by atoms with van der Waals surface area (Å²) in [5, 5.41) is 0. The predicted molar refractivity (Wildman–Crippen MR) is 97.4 cm³/mol. The number of piperidine rings is 1. The van der Waals surface area contributed by atoms with E-state index >= 15 is 0 Å². The first-order valence-electron chi connectivity index (χ1n) is 8.67. The van der Waals surface area contributed by atoms with Gasteiger partial charge in [0.1, 0.15) is 0 Å². The lowest BCUT2D eigenvalue weighted by atomic mass is 10.1. The van der Waals surface area contributed by atoms with Crippen molar-refractivity contribution in [2.24, 2.45) is 0 Å². The maximum Gasteiger partial charge on any atom is 0.246 e. The SMILES string of the molecule is C=C1CCN(C(=O)/C=C/c2ccc(OCCC)c(OCC)c2)CC1. The zero-order valence-electron chi connectivity index (χ0n) is 14.7. The zero-order valence-corrected chi connectivity index (χ0v) is 14.7. The molecule has 0 aliphatic carbocycles. The highest BCUT2D eigenvalue weighted by molar-refractivity contribution is 5.92. The van der Waals surface area contributed by atoms with E-state index in [-0.39, 0.29) is 5.91 Å². The lowest BCUT2D eigenvalue weighted by molar-refractivity contribution is -0.126. The summed E-state index contributed by atoms with van der Waals surface area (Å²) >= 11 is 0. The van der Waals surface area contributed by atoms with Crippen LogP contribution >= 0.6 is 0 Å². The molecule has 1 amide bonds. The second-order valence-corrected chi connectivity index (χ2v) is 5.90. The first-order valence-corrected chi connectivity index (χ1v) is 8.67. The zero-order chi connectivity index (χ0) is 17.4. The van der Waals surface area contributed by atoms with Crippen LogP contribution in [-0.4, -0.2) is 37.1 Å². The lowest BCUT2D eigenvalue weighted by Gasteiger charge is -2.26. The van der Waals surface area contributed by atoms with E-state index in [2.05, 4.69) is 13.5 Å². The third-order valence-electron chi connectivity index (χ3n) is 3.93. The van der Waals surface area contributed by atoms with E-state index in [4.69, 9.17) is 9.47 Å². The Kier molecular flexibility index (Phi) is 6.91. The van der Waals surface area contributed by atoms with Crippen LogP contribution in [0, 0.1) is 0 Å². The van der Waals surface area contributed by atoms with Gasteiger partial charge in [-0.2, -0.15) is 0 Å². The highest BCUT2D eigenvalue weighted by Crippen LogP contribution is 2.29. The first kappa shape index (κ1) is 18.1. The molecule has 4 nitrogen and oxygen atoms in total. The molecule has 0 saturated carbocycles. The average Bonchev–Trinajstić information content (AvgIpc) is 2.59. The molecule has 0 bridgehead atoms. The highest BCUT2D eigenvalue weighted by Gasteiger charge is 2.15. The number of likely N-dealkylation sites (tertiary alicyclic amines) is 1. The molecule has 1 aromatic rings. The van der Waals surface area contributed by atoms with Crippen molar-refractivity contribution in [3.8, 4) is 11.5 Å². The van der Waals surface area contributed by atoms with Gasteiger partial charge in [-0.3, -0.25) is 4.79 Å². The van der Waals surface area contributed by atoms with Crippen molar-refractivity contribution in [2.75, 3.05) is 26.3 Å². The van der Waals surface area contributed by atoms with Crippen molar-refractivity contribution in [2.45, 2.75) is 33.1 Å². The molecule has 2 rings (SSSR count). The number of nitrogens with zero attached hydrogens (tertiary/aromatic N) is 1. The summed E-state index contributed by atoms with van der Waals surface area (Å²) in [6.45, 7) is 10.7. The van der Waals surface area contributed by atoms with Crippen molar-refractivity contribution in [1.29, 1.82) is 0 Å². The van der Waals surface area contributed by atoms with Gasteiger partial charge in [0.15, 0.2) is 11.5 Å². The van der Waals surface area contributed by atoms with Gasteiger partial charge in [-0.05, 0) is 50.0 Å². The van der Waals surface area contributed by atoms with Gasteiger partial charge in [-0.15, -0.1) is 0 Å². The molecule has 0 N–H and O–H groups in total. The van der Waals surface area contributed by atoms with Crippen molar-refractivity contribution in [3.05, 3.63) is 42.0 Å². The largest absolute Gasteiger partial charge is 0.490 e. The number of benzene rings is 1. The summed E-state index contributed by atoms with van der Waals surface area (Å²) in [6.07, 6.45) is 6.21. The Bertz CT molecular complexity index is 597. The van der Waals surface area contributed by atoms with Crippen LogP contribution in [0.15, 0.2) is 36.4 Å². The third-order valence-corrected chi connectivity index (χ3v) is 3.93. The van der Waals surface area contributed by atoms with Gasteiger partial charge in [0.25, 0.3) is 0 Å². The summed E-state index contributed by atoms with van der Waals surface area (Å²) in [5.74, 6) is 1.51. The smallest absolute Gasteiger partial charge is 0.246 e. The minimum atomic E-state index is 0.0479. The van der Waals surface area contributed by atoms with Crippen molar-refractivity contribution >= 4 is 12.0 Å². The Hall–Kier alpha value is -2.23. The van der Waals surface area contributed by atoms with Crippen LogP contribution in [-0.2, 0) is 4.79 Å². The van der Waals surface area contributed by atoms with Crippen molar-refractivity contribution in [1.82, 2.24) is 4.90 Å². The molecule has 1 aliphatic rings. The molecule has 1 saturated heterocycles. The number of carbonyl (C=O) groups excluding carboxylic acids is 1. The molecule has 24 heavy (non-hydrogen) atoms. The molecule has 0 radical (unpaired) electrons. The fraction of sp³-hybridized carbons (Fsp3) is 0.450. The predicted octanol–water partition coefficient (Wildman–Crippen LogP) is 4.07. The topological polar surface area (TPSA) is 38.8 Å². The van der Waals surface area contributed by atoms with Crippen molar-refractivity contribution < 1.29 is 14.3 Å². The fourth-order valence-corrected chi connectivity index (χ4v) is 2.54. The number of hydrogen-bond donors (Lipinski definition) is 0. The molecule has 0 unspecified atom stereocenters. The molecular formula is C20H27NO3. The van der Waals surface area contributed by atoms with Gasteiger partial charge in [-0.1, -0.05) is 25.1 Å². The molecular weight excluding hydrogens is 302 g/mol. The second-order valence-electron chi connectivity index (χ2n) is 5.90. The van der Waals surface area contributed by atoms with E-state index in [0.29, 0.717) is 13.2 Å². The molecule has 0 atom stereocenters. The molecule has 0 spiro atoms. The maximum absolute atomic E-state index is 12.3. The monoisotopic (exact) mass is 329 g/mol. The molecule has 1 aliphatic heterocycles. The van der Waals surface area contributed by atoms with Gasteiger partial charge in [-0.25, -0.2) is 0 Å². The van der Waals surface area contributed by atoms with Crippen LogP contribution < -0.4 is 9.47 Å². The minimum absolute atomic E-state index is 0.0479. The van der Waals surface area contributed by atoms with E-state index in [9.17, 15) is 4.79 Å². The van der Waals surface area contributed by atoms with Crippen LogP contribution in [0.25, 0.3) is 6.08 Å². The minimum Gasteiger partial charge on any atom is -0.490 e. The fourth-order valence-electron chi connectivity index (χ4n) is 2.54. The van der Waals surface area contributed by atoms with Crippen LogP contribution in [0.2, 0.25) is 0 Å². The van der Waals surface area contributed by atoms with Crippen LogP contribution in [0.3, 0.4) is 0 Å². The number of ether oxygens (including phenoxy) is 2. The Morgan fingerprint density at radius 2 is 1.96 bits per heavy atom. The van der Waals surface area contributed by atoms with Gasteiger partial charge in [0, 0.05) is 19.2 Å². The van der Waals surface area contributed by atoms with Gasteiger partial charge >= 0.3 is 0 Å². The number of rotatable bonds is 7. The summed E-state index contributed by atoms with van der Waals surface area (Å²) in [7, 11) is 0. The summed E-state index contributed by atoms with van der Waals surface area (Å²) in [5.41, 5.74) is 2.16. The van der Waals surface area contributed by atoms with Crippen LogP contribution in [0.1, 0.15) is 38.7 Å². The third kappa shape index (κ3) is 5.15. The Balaban J connectivity index is 2.03. The molecule has 0 aromatic heterocycles. The van der Waals surface area contributed by atoms with E-state index in [1.54, 1.807) is 6.08 Å². The maximum atomic E-state index is 12.3. The van der Waals surface area contributed by atoms with Crippen LogP contribution in [0.4, 0.5) is 0 Å². The van der Waals surface area contributed by atoms with Gasteiger partial charge < -0.3 is 14.4 Å². The van der Waals surface area contributed by atoms with E-state index in [0.717, 1.165) is 49.4 Å². The molecule has 1 heterocycles. The Labute approximate surface area is 144 Å². The summed E-state index contributed by atoms with van der Waals surface area (Å²) in [6, 6.07) is 5.75. The second kappa shape index (κ2) is 9.16. The quantitative estimate of drug-likeness (QED) is 0.559. The molecule has 130 valence electrons. The van der Waals surface area contributed by atoms with Crippen molar-refractivity contribution in [3.63, 3.8) is 0 Å². The van der Waals surface area contributed by atoms with Crippen LogP contribution in [0.5, 0.6) is 11.5 Å². The number of hydrogen-bond acceptors (Lipinski definition) is 3. The standard InChI is InChI=1S/C20H27NO3/c1-4-14-24-18-8-6-17(15-19(18)23-5-2)7-9-20(22)21-12-10-16(3)11-13-21/h6-9,15H,3-5,10-14H2,1-2H3/b9-7+. The normalized spacial score (nSPS) is 14.9. The molecule has 4 heteroatoms. The Morgan fingerprint density at radius 3 is 2.62 bits per heavy atom. The number of amides is 1.